The van der Waals surface area contributed by atoms with E-state index in [4.69, 9.17) is 11.4 Å². The number of nitrogens with zero attached hydrogens (tertiary/aromatic N) is 2. The Labute approximate surface area is 201 Å². The highest BCUT2D eigenvalue weighted by Gasteiger charge is 2.10. The lowest BCUT2D eigenvalue weighted by Gasteiger charge is -2.14. The van der Waals surface area contributed by atoms with Gasteiger partial charge in [0.1, 0.15) is 5.82 Å². The molecule has 0 aliphatic carbocycles. The van der Waals surface area contributed by atoms with Crippen LogP contribution in [0.25, 0.3) is 21.9 Å². The molecule has 164 valence electrons. The van der Waals surface area contributed by atoms with E-state index in [0.29, 0.717) is 6.42 Å². The van der Waals surface area contributed by atoms with Crippen LogP contribution in [0.3, 0.4) is 0 Å². The largest absolute Gasteiger partial charge is 0.241 e. The Bertz CT molecular complexity index is 1500. The Morgan fingerprint density at radius 2 is 1.47 bits per heavy atom. The van der Waals surface area contributed by atoms with Crippen LogP contribution in [-0.2, 0) is 12.8 Å². The molecule has 0 saturated heterocycles. The summed E-state index contributed by atoms with van der Waals surface area (Å²) in [5.41, 5.74) is 9.48. The molecule has 2 nitrogen and oxygen atoms in total. The quantitative estimate of drug-likeness (QED) is 0.274. The molecule has 0 aliphatic heterocycles. The van der Waals surface area contributed by atoms with Crippen LogP contribution in [0, 0.1) is 26.2 Å². The molecule has 0 bridgehead atoms. The van der Waals surface area contributed by atoms with Crippen LogP contribution < -0.4 is 0 Å². The lowest BCUT2D eigenvalue weighted by molar-refractivity contribution is 0.912. The highest BCUT2D eigenvalue weighted by Crippen LogP contribution is 2.29. The molecule has 0 radical (unpaired) electrons. The zero-order valence-corrected chi connectivity index (χ0v) is 19.5. The lowest BCUT2D eigenvalue weighted by Crippen LogP contribution is -2.03. The first kappa shape index (κ1) is 21.6. The van der Waals surface area contributed by atoms with Gasteiger partial charge in [0.25, 0.3) is 0 Å². The Balaban J connectivity index is 1.39. The SMILES string of the molecule is C#Cc1ccc(Cc2nccc(Cc3c(C)cc(-c4ccc5ccccc5c4)cc3C)n2)cc1. The number of rotatable bonds is 5. The molecule has 0 unspecified atom stereocenters. The van der Waals surface area contributed by atoms with Crippen molar-refractivity contribution in [1.82, 2.24) is 9.97 Å². The molecule has 0 aliphatic rings. The first-order chi connectivity index (χ1) is 16.6. The van der Waals surface area contributed by atoms with Gasteiger partial charge in [0.15, 0.2) is 0 Å². The maximum Gasteiger partial charge on any atom is 0.132 e. The Morgan fingerprint density at radius 1 is 0.735 bits per heavy atom. The standard InChI is InChI=1S/C32H26N2/c1-4-24-9-11-25(12-10-24)19-32-33-16-15-30(34-32)21-31-22(2)17-29(18-23(31)3)28-14-13-26-7-5-6-8-27(26)20-28/h1,5-18,20H,19,21H2,2-3H3. The van der Waals surface area contributed by atoms with Gasteiger partial charge in [-0.05, 0) is 82.3 Å². The van der Waals surface area contributed by atoms with Crippen LogP contribution in [0.4, 0.5) is 0 Å². The van der Waals surface area contributed by atoms with Crippen LogP contribution in [0.1, 0.15) is 39.3 Å². The normalized spacial score (nSPS) is 10.9. The first-order valence-electron chi connectivity index (χ1n) is 11.5. The third-order valence-corrected chi connectivity index (χ3v) is 6.38. The number of terminal acetylenes is 1. The number of benzene rings is 4. The van der Waals surface area contributed by atoms with Crippen LogP contribution in [-0.4, -0.2) is 9.97 Å². The number of fused-ring (bicyclic) bond motifs is 1. The minimum absolute atomic E-state index is 0.692. The molecule has 0 amide bonds. The summed E-state index contributed by atoms with van der Waals surface area (Å²) in [7, 11) is 0. The van der Waals surface area contributed by atoms with Gasteiger partial charge < -0.3 is 0 Å². The summed E-state index contributed by atoms with van der Waals surface area (Å²) in [5, 5.41) is 2.53. The van der Waals surface area contributed by atoms with E-state index in [1.807, 2.05) is 36.5 Å². The predicted octanol–water partition coefficient (Wildman–Crippen LogP) is 7.08. The molecule has 5 rings (SSSR count). The van der Waals surface area contributed by atoms with Gasteiger partial charge >= 0.3 is 0 Å². The van der Waals surface area contributed by atoms with Crippen molar-refractivity contribution in [3.63, 3.8) is 0 Å². The lowest BCUT2D eigenvalue weighted by atomic mass is 9.92. The molecule has 0 saturated carbocycles. The Hall–Kier alpha value is -4.22. The van der Waals surface area contributed by atoms with Gasteiger partial charge in [0, 0.05) is 30.3 Å². The Kier molecular flexibility index (Phi) is 5.93. The molecule has 1 heterocycles. The zero-order chi connectivity index (χ0) is 23.5. The van der Waals surface area contributed by atoms with Crippen molar-refractivity contribution in [3.8, 4) is 23.5 Å². The van der Waals surface area contributed by atoms with Gasteiger partial charge in [0.2, 0.25) is 0 Å². The predicted molar refractivity (Wildman–Crippen MR) is 141 cm³/mol. The van der Waals surface area contributed by atoms with Crippen molar-refractivity contribution >= 4 is 10.8 Å². The van der Waals surface area contributed by atoms with E-state index in [2.05, 4.69) is 79.3 Å². The molecule has 1 aromatic heterocycles. The first-order valence-corrected chi connectivity index (χ1v) is 11.5. The minimum atomic E-state index is 0.692. The van der Waals surface area contributed by atoms with Crippen LogP contribution >= 0.6 is 0 Å². The van der Waals surface area contributed by atoms with Crippen molar-refractivity contribution < 1.29 is 0 Å². The summed E-state index contributed by atoms with van der Waals surface area (Å²) >= 11 is 0. The van der Waals surface area contributed by atoms with Gasteiger partial charge in [-0.3, -0.25) is 0 Å². The molecule has 0 N–H and O–H groups in total. The fourth-order valence-corrected chi connectivity index (χ4v) is 4.52. The maximum atomic E-state index is 5.46. The summed E-state index contributed by atoms with van der Waals surface area (Å²) in [4.78, 5) is 9.34. The van der Waals surface area contributed by atoms with Crippen molar-refractivity contribution in [1.29, 1.82) is 0 Å². The van der Waals surface area contributed by atoms with E-state index in [1.165, 1.54) is 38.6 Å². The van der Waals surface area contributed by atoms with Gasteiger partial charge in [-0.2, -0.15) is 0 Å². The third kappa shape index (κ3) is 4.60. The van der Waals surface area contributed by atoms with Gasteiger partial charge in [-0.25, -0.2) is 9.97 Å². The summed E-state index contributed by atoms with van der Waals surface area (Å²) in [6.45, 7) is 4.39. The van der Waals surface area contributed by atoms with E-state index in [1.54, 1.807) is 0 Å². The number of aromatic nitrogens is 2. The number of hydrogen-bond donors (Lipinski definition) is 0. The highest BCUT2D eigenvalue weighted by molar-refractivity contribution is 5.87. The second-order valence-corrected chi connectivity index (χ2v) is 8.81. The van der Waals surface area contributed by atoms with Gasteiger partial charge in [0.05, 0.1) is 0 Å². The summed E-state index contributed by atoms with van der Waals surface area (Å²) in [6.07, 6.45) is 8.81. The summed E-state index contributed by atoms with van der Waals surface area (Å²) < 4.78 is 0. The van der Waals surface area contributed by atoms with Crippen molar-refractivity contribution in [2.75, 3.05) is 0 Å². The topological polar surface area (TPSA) is 25.8 Å². The average Bonchev–Trinajstić information content (AvgIpc) is 2.86. The smallest absolute Gasteiger partial charge is 0.132 e. The molecule has 4 aromatic carbocycles. The van der Waals surface area contributed by atoms with Crippen molar-refractivity contribution in [2.45, 2.75) is 26.7 Å². The fourth-order valence-electron chi connectivity index (χ4n) is 4.52. The van der Waals surface area contributed by atoms with E-state index in [-0.39, 0.29) is 0 Å². The van der Waals surface area contributed by atoms with E-state index >= 15 is 0 Å². The van der Waals surface area contributed by atoms with Crippen molar-refractivity contribution in [3.05, 3.63) is 130 Å². The highest BCUT2D eigenvalue weighted by atomic mass is 14.9. The van der Waals surface area contributed by atoms with Crippen LogP contribution in [0.5, 0.6) is 0 Å². The van der Waals surface area contributed by atoms with Crippen LogP contribution in [0.15, 0.2) is 91.1 Å². The van der Waals surface area contributed by atoms with E-state index in [0.717, 1.165) is 29.1 Å². The second kappa shape index (κ2) is 9.33. The summed E-state index contributed by atoms with van der Waals surface area (Å²) in [5.74, 6) is 3.48. The molecule has 0 fully saturated rings. The monoisotopic (exact) mass is 438 g/mol. The molecule has 34 heavy (non-hydrogen) atoms. The van der Waals surface area contributed by atoms with Crippen molar-refractivity contribution in [2.24, 2.45) is 0 Å². The number of aryl methyl sites for hydroxylation is 2. The average molecular weight is 439 g/mol. The maximum absolute atomic E-state index is 5.46. The third-order valence-electron chi connectivity index (χ3n) is 6.38. The zero-order valence-electron chi connectivity index (χ0n) is 19.5. The second-order valence-electron chi connectivity index (χ2n) is 8.81. The summed E-state index contributed by atoms with van der Waals surface area (Å²) in [6, 6.07) is 29.8. The molecule has 2 heteroatoms. The molecular formula is C32H26N2. The molecule has 0 atom stereocenters. The van der Waals surface area contributed by atoms with Gasteiger partial charge in [-0.15, -0.1) is 6.42 Å². The van der Waals surface area contributed by atoms with Crippen LogP contribution in [0.2, 0.25) is 0 Å². The van der Waals surface area contributed by atoms with E-state index in [9.17, 15) is 0 Å². The fraction of sp³-hybridized carbons (Fsp3) is 0.125. The van der Waals surface area contributed by atoms with E-state index < -0.39 is 0 Å². The Morgan fingerprint density at radius 3 is 2.21 bits per heavy atom. The molecule has 5 aromatic rings. The van der Waals surface area contributed by atoms with Gasteiger partial charge in [-0.1, -0.05) is 66.6 Å². The molecule has 0 spiro atoms. The number of hydrogen-bond acceptors (Lipinski definition) is 2. The molecular weight excluding hydrogens is 412 g/mol. The minimum Gasteiger partial charge on any atom is -0.241 e.